The Bertz CT molecular complexity index is 876. The maximum absolute atomic E-state index is 12.7. The average molecular weight is 378 g/mol. The molecule has 1 saturated carbocycles. The summed E-state index contributed by atoms with van der Waals surface area (Å²) >= 11 is 1.65. The molecular formula is C22H22N2O2S. The van der Waals surface area contributed by atoms with Crippen molar-refractivity contribution in [3.63, 3.8) is 0 Å². The SMILES string of the molecule is O=C(CN(Cc1ccco1)C1CC1)Nc1ccccc1Sc1ccccc1. The molecule has 0 spiro atoms. The highest BCUT2D eigenvalue weighted by Gasteiger charge is 2.30. The van der Waals surface area contributed by atoms with E-state index in [-0.39, 0.29) is 5.91 Å². The Morgan fingerprint density at radius 2 is 1.81 bits per heavy atom. The van der Waals surface area contributed by atoms with Crippen LogP contribution in [-0.4, -0.2) is 23.4 Å². The lowest BCUT2D eigenvalue weighted by Gasteiger charge is -2.20. The number of carbonyl (C=O) groups is 1. The Labute approximate surface area is 163 Å². The number of anilines is 1. The summed E-state index contributed by atoms with van der Waals surface area (Å²) in [6.07, 6.45) is 3.97. The molecule has 2 aromatic carbocycles. The Morgan fingerprint density at radius 1 is 1.04 bits per heavy atom. The van der Waals surface area contributed by atoms with Gasteiger partial charge in [-0.2, -0.15) is 0 Å². The fourth-order valence-corrected chi connectivity index (χ4v) is 3.93. The monoisotopic (exact) mass is 378 g/mol. The molecule has 1 amide bonds. The van der Waals surface area contributed by atoms with Crippen LogP contribution in [0.15, 0.2) is 87.2 Å². The third-order valence-corrected chi connectivity index (χ3v) is 5.56. The predicted molar refractivity (Wildman–Crippen MR) is 108 cm³/mol. The standard InChI is InChI=1S/C22H22N2O2S/c25-22(16-24(17-12-13-17)15-18-7-6-14-26-18)23-20-10-4-5-11-21(20)27-19-8-2-1-3-9-19/h1-11,14,17H,12-13,15-16H2,(H,23,25). The van der Waals surface area contributed by atoms with Crippen LogP contribution in [0.1, 0.15) is 18.6 Å². The molecule has 0 aliphatic heterocycles. The van der Waals surface area contributed by atoms with Crippen molar-refractivity contribution in [1.29, 1.82) is 0 Å². The zero-order chi connectivity index (χ0) is 18.5. The van der Waals surface area contributed by atoms with E-state index in [9.17, 15) is 4.79 Å². The molecular weight excluding hydrogens is 356 g/mol. The number of amides is 1. The van der Waals surface area contributed by atoms with Crippen LogP contribution in [0.2, 0.25) is 0 Å². The molecule has 4 nitrogen and oxygen atoms in total. The summed E-state index contributed by atoms with van der Waals surface area (Å²) in [4.78, 5) is 17.1. The van der Waals surface area contributed by atoms with Crippen molar-refractivity contribution in [2.45, 2.75) is 35.2 Å². The average Bonchev–Trinajstić information content (AvgIpc) is 3.41. The van der Waals surface area contributed by atoms with E-state index in [0.29, 0.717) is 19.1 Å². The third kappa shape index (κ3) is 5.02. The minimum Gasteiger partial charge on any atom is -0.468 e. The van der Waals surface area contributed by atoms with Crippen LogP contribution in [-0.2, 0) is 11.3 Å². The molecule has 0 atom stereocenters. The zero-order valence-electron chi connectivity index (χ0n) is 15.0. The molecule has 1 heterocycles. The first-order valence-corrected chi connectivity index (χ1v) is 9.98. The Hall–Kier alpha value is -2.50. The molecule has 5 heteroatoms. The second-order valence-corrected chi connectivity index (χ2v) is 7.79. The van der Waals surface area contributed by atoms with E-state index in [1.54, 1.807) is 18.0 Å². The Morgan fingerprint density at radius 3 is 2.56 bits per heavy atom. The molecule has 138 valence electrons. The van der Waals surface area contributed by atoms with Gasteiger partial charge in [0, 0.05) is 15.8 Å². The molecule has 0 bridgehead atoms. The van der Waals surface area contributed by atoms with E-state index in [0.717, 1.165) is 34.1 Å². The quantitative estimate of drug-likeness (QED) is 0.597. The summed E-state index contributed by atoms with van der Waals surface area (Å²) in [5.41, 5.74) is 0.852. The van der Waals surface area contributed by atoms with Crippen LogP contribution in [0.5, 0.6) is 0 Å². The van der Waals surface area contributed by atoms with Crippen molar-refractivity contribution in [3.8, 4) is 0 Å². The van der Waals surface area contributed by atoms with Gasteiger partial charge < -0.3 is 9.73 Å². The summed E-state index contributed by atoms with van der Waals surface area (Å²) in [7, 11) is 0. The number of nitrogens with one attached hydrogen (secondary N) is 1. The van der Waals surface area contributed by atoms with Gasteiger partial charge in [0.15, 0.2) is 0 Å². The lowest BCUT2D eigenvalue weighted by atomic mass is 10.3. The van der Waals surface area contributed by atoms with Gasteiger partial charge in [0.2, 0.25) is 5.91 Å². The molecule has 1 fully saturated rings. The number of furan rings is 1. The molecule has 1 aromatic heterocycles. The van der Waals surface area contributed by atoms with E-state index in [2.05, 4.69) is 22.3 Å². The molecule has 27 heavy (non-hydrogen) atoms. The van der Waals surface area contributed by atoms with Gasteiger partial charge in [-0.1, -0.05) is 42.1 Å². The first-order chi connectivity index (χ1) is 13.3. The summed E-state index contributed by atoms with van der Waals surface area (Å²) in [6, 6.07) is 22.4. The smallest absolute Gasteiger partial charge is 0.238 e. The summed E-state index contributed by atoms with van der Waals surface area (Å²) in [5, 5.41) is 3.09. The topological polar surface area (TPSA) is 45.5 Å². The van der Waals surface area contributed by atoms with Gasteiger partial charge in [-0.15, -0.1) is 0 Å². The first kappa shape index (κ1) is 17.9. The van der Waals surface area contributed by atoms with Gasteiger partial charge in [-0.3, -0.25) is 9.69 Å². The maximum Gasteiger partial charge on any atom is 0.238 e. The molecule has 1 aliphatic carbocycles. The minimum atomic E-state index is 0.00886. The fraction of sp³-hybridized carbons (Fsp3) is 0.227. The molecule has 1 N–H and O–H groups in total. The van der Waals surface area contributed by atoms with Gasteiger partial charge >= 0.3 is 0 Å². The van der Waals surface area contributed by atoms with Gasteiger partial charge in [0.05, 0.1) is 25.0 Å². The highest BCUT2D eigenvalue weighted by Crippen LogP contribution is 2.33. The second kappa shape index (κ2) is 8.46. The zero-order valence-corrected chi connectivity index (χ0v) is 15.8. The Kier molecular flexibility index (Phi) is 5.61. The van der Waals surface area contributed by atoms with Crippen LogP contribution >= 0.6 is 11.8 Å². The highest BCUT2D eigenvalue weighted by molar-refractivity contribution is 7.99. The summed E-state index contributed by atoms with van der Waals surface area (Å²) < 4.78 is 5.45. The highest BCUT2D eigenvalue weighted by atomic mass is 32.2. The fourth-order valence-electron chi connectivity index (χ4n) is 3.01. The lowest BCUT2D eigenvalue weighted by molar-refractivity contribution is -0.117. The van der Waals surface area contributed by atoms with Crippen molar-refractivity contribution >= 4 is 23.4 Å². The van der Waals surface area contributed by atoms with Crippen LogP contribution < -0.4 is 5.32 Å². The van der Waals surface area contributed by atoms with E-state index in [1.165, 1.54) is 0 Å². The number of carbonyl (C=O) groups excluding carboxylic acids is 1. The van der Waals surface area contributed by atoms with E-state index in [4.69, 9.17) is 4.42 Å². The van der Waals surface area contributed by atoms with Gasteiger partial charge in [-0.05, 0) is 49.2 Å². The molecule has 0 saturated heterocycles. The number of benzene rings is 2. The second-order valence-electron chi connectivity index (χ2n) is 6.67. The number of rotatable bonds is 8. The van der Waals surface area contributed by atoms with Gasteiger partial charge in [0.25, 0.3) is 0 Å². The number of hydrogen-bond donors (Lipinski definition) is 1. The van der Waals surface area contributed by atoms with Crippen LogP contribution in [0.3, 0.4) is 0 Å². The summed E-state index contributed by atoms with van der Waals surface area (Å²) in [5.74, 6) is 0.907. The van der Waals surface area contributed by atoms with Gasteiger partial charge in [0.1, 0.15) is 5.76 Å². The van der Waals surface area contributed by atoms with Gasteiger partial charge in [-0.25, -0.2) is 0 Å². The molecule has 4 rings (SSSR count). The predicted octanol–water partition coefficient (Wildman–Crippen LogP) is 5.03. The van der Waals surface area contributed by atoms with Crippen molar-refractivity contribution < 1.29 is 9.21 Å². The van der Waals surface area contributed by atoms with Crippen LogP contribution in [0, 0.1) is 0 Å². The number of nitrogens with zero attached hydrogens (tertiary/aromatic N) is 1. The van der Waals surface area contributed by atoms with Crippen molar-refractivity contribution in [3.05, 3.63) is 78.8 Å². The number of hydrogen-bond acceptors (Lipinski definition) is 4. The van der Waals surface area contributed by atoms with E-state index >= 15 is 0 Å². The first-order valence-electron chi connectivity index (χ1n) is 9.16. The molecule has 0 radical (unpaired) electrons. The van der Waals surface area contributed by atoms with E-state index in [1.807, 2.05) is 54.6 Å². The summed E-state index contributed by atoms with van der Waals surface area (Å²) in [6.45, 7) is 1.04. The third-order valence-electron chi connectivity index (χ3n) is 4.48. The Balaban J connectivity index is 1.41. The minimum absolute atomic E-state index is 0.00886. The largest absolute Gasteiger partial charge is 0.468 e. The van der Waals surface area contributed by atoms with Crippen LogP contribution in [0.25, 0.3) is 0 Å². The normalized spacial score (nSPS) is 13.7. The number of para-hydroxylation sites is 1. The van der Waals surface area contributed by atoms with Crippen molar-refractivity contribution in [1.82, 2.24) is 4.90 Å². The van der Waals surface area contributed by atoms with E-state index < -0.39 is 0 Å². The maximum atomic E-state index is 12.7. The molecule has 0 unspecified atom stereocenters. The molecule has 1 aliphatic rings. The molecule has 3 aromatic rings. The lowest BCUT2D eigenvalue weighted by Crippen LogP contribution is -2.34. The van der Waals surface area contributed by atoms with Crippen molar-refractivity contribution in [2.24, 2.45) is 0 Å². The van der Waals surface area contributed by atoms with Crippen molar-refractivity contribution in [2.75, 3.05) is 11.9 Å². The van der Waals surface area contributed by atoms with Crippen LogP contribution in [0.4, 0.5) is 5.69 Å².